The topological polar surface area (TPSA) is 62.5 Å². The number of carbonyl (C=O) groups excluding carboxylic acids is 1. The second-order valence-electron chi connectivity index (χ2n) is 4.67. The molecular weight excluding hydrogens is 228 g/mol. The Morgan fingerprint density at radius 3 is 2.56 bits per heavy atom. The summed E-state index contributed by atoms with van der Waals surface area (Å²) in [4.78, 5) is 20.2. The van der Waals surface area contributed by atoms with Crippen molar-refractivity contribution in [2.24, 2.45) is 0 Å². The molecule has 0 fully saturated rings. The lowest BCUT2D eigenvalue weighted by Crippen LogP contribution is -2.43. The number of nitrogens with two attached hydrogens (primary N) is 1. The van der Waals surface area contributed by atoms with Crippen molar-refractivity contribution in [3.63, 3.8) is 0 Å². The van der Waals surface area contributed by atoms with E-state index in [2.05, 4.69) is 9.88 Å². The summed E-state index contributed by atoms with van der Waals surface area (Å²) in [6, 6.07) is 3.53. The molecule has 18 heavy (non-hydrogen) atoms. The van der Waals surface area contributed by atoms with E-state index in [-0.39, 0.29) is 11.9 Å². The summed E-state index contributed by atoms with van der Waals surface area (Å²) in [5.74, 6) is 0.426. The molecule has 1 unspecified atom stereocenters. The van der Waals surface area contributed by atoms with Crippen LogP contribution in [-0.2, 0) is 0 Å². The summed E-state index contributed by atoms with van der Waals surface area (Å²) in [6.07, 6.45) is 1.53. The van der Waals surface area contributed by atoms with E-state index in [9.17, 15) is 4.79 Å². The molecule has 0 radical (unpaired) electrons. The maximum Gasteiger partial charge on any atom is 0.255 e. The molecule has 2 N–H and O–H groups in total. The molecule has 0 aliphatic rings. The van der Waals surface area contributed by atoms with Crippen LogP contribution in [0.1, 0.15) is 24.2 Å². The Kier molecular flexibility index (Phi) is 5.09. The van der Waals surface area contributed by atoms with Crippen LogP contribution in [0.2, 0.25) is 0 Å². The van der Waals surface area contributed by atoms with Crippen molar-refractivity contribution in [1.29, 1.82) is 0 Å². The summed E-state index contributed by atoms with van der Waals surface area (Å²) in [6.45, 7) is 5.54. The summed E-state index contributed by atoms with van der Waals surface area (Å²) in [5, 5.41) is 0. The van der Waals surface area contributed by atoms with Gasteiger partial charge in [0, 0.05) is 25.3 Å². The highest BCUT2D eigenvalue weighted by Crippen LogP contribution is 2.09. The van der Waals surface area contributed by atoms with E-state index in [4.69, 9.17) is 5.73 Å². The third-order valence-corrected chi connectivity index (χ3v) is 2.80. The number of pyridine rings is 1. The van der Waals surface area contributed by atoms with Crippen LogP contribution in [0, 0.1) is 0 Å². The molecule has 0 aromatic carbocycles. The highest BCUT2D eigenvalue weighted by Gasteiger charge is 2.20. The fourth-order valence-corrected chi connectivity index (χ4v) is 1.98. The molecule has 1 amide bonds. The zero-order chi connectivity index (χ0) is 13.7. The number of amides is 1. The first kappa shape index (κ1) is 14.4. The minimum absolute atomic E-state index is 0.000602. The minimum Gasteiger partial charge on any atom is -0.384 e. The fraction of sp³-hybridized carbons (Fsp3) is 0.538. The van der Waals surface area contributed by atoms with Crippen LogP contribution in [0.3, 0.4) is 0 Å². The number of hydrogen-bond donors (Lipinski definition) is 1. The quantitative estimate of drug-likeness (QED) is 0.849. The molecule has 0 spiro atoms. The number of nitrogens with zero attached hydrogens (tertiary/aromatic N) is 3. The normalized spacial score (nSPS) is 12.5. The molecular formula is C13H22N4O. The van der Waals surface area contributed by atoms with E-state index in [0.717, 1.165) is 6.54 Å². The molecule has 0 aliphatic heterocycles. The Bertz CT molecular complexity index is 388. The van der Waals surface area contributed by atoms with Gasteiger partial charge in [-0.25, -0.2) is 4.98 Å². The van der Waals surface area contributed by atoms with Crippen molar-refractivity contribution in [1.82, 2.24) is 14.8 Å². The third kappa shape index (κ3) is 3.70. The van der Waals surface area contributed by atoms with E-state index >= 15 is 0 Å². The monoisotopic (exact) mass is 250 g/mol. The Labute approximate surface area is 109 Å². The van der Waals surface area contributed by atoms with Crippen LogP contribution >= 0.6 is 0 Å². The Balaban J connectivity index is 2.81. The van der Waals surface area contributed by atoms with Crippen LogP contribution in [-0.4, -0.2) is 53.9 Å². The molecule has 0 saturated heterocycles. The molecule has 1 atom stereocenters. The van der Waals surface area contributed by atoms with Gasteiger partial charge in [0.25, 0.3) is 5.91 Å². The predicted molar refractivity (Wildman–Crippen MR) is 73.4 cm³/mol. The summed E-state index contributed by atoms with van der Waals surface area (Å²) < 4.78 is 0. The van der Waals surface area contributed by atoms with Gasteiger partial charge in [-0.3, -0.25) is 4.79 Å². The summed E-state index contributed by atoms with van der Waals surface area (Å²) >= 11 is 0. The van der Waals surface area contributed by atoms with Crippen molar-refractivity contribution in [3.8, 4) is 0 Å². The second kappa shape index (κ2) is 6.35. The van der Waals surface area contributed by atoms with E-state index < -0.39 is 0 Å². The van der Waals surface area contributed by atoms with Crippen molar-refractivity contribution in [2.45, 2.75) is 19.9 Å². The molecule has 0 bridgehead atoms. The maximum atomic E-state index is 12.3. The number of carbonyl (C=O) groups is 1. The first-order chi connectivity index (χ1) is 8.45. The zero-order valence-electron chi connectivity index (χ0n) is 11.6. The number of nitrogen functional groups attached to an aromatic ring is 1. The predicted octanol–water partition coefficient (Wildman–Crippen LogP) is 1.08. The molecule has 1 aromatic rings. The molecule has 0 saturated carbocycles. The lowest BCUT2D eigenvalue weighted by molar-refractivity contribution is 0.0678. The molecule has 100 valence electrons. The smallest absolute Gasteiger partial charge is 0.255 e. The van der Waals surface area contributed by atoms with Gasteiger partial charge in [-0.1, -0.05) is 0 Å². The van der Waals surface area contributed by atoms with Gasteiger partial charge in [0.15, 0.2) is 0 Å². The molecule has 0 aliphatic carbocycles. The number of hydrogen-bond acceptors (Lipinski definition) is 4. The van der Waals surface area contributed by atoms with Gasteiger partial charge in [-0.2, -0.15) is 0 Å². The van der Waals surface area contributed by atoms with Gasteiger partial charge in [0.1, 0.15) is 5.82 Å². The number of aromatic nitrogens is 1. The van der Waals surface area contributed by atoms with Crippen LogP contribution in [0.15, 0.2) is 18.3 Å². The lowest BCUT2D eigenvalue weighted by atomic mass is 10.2. The van der Waals surface area contributed by atoms with E-state index in [1.165, 1.54) is 6.20 Å². The Morgan fingerprint density at radius 1 is 1.44 bits per heavy atom. The Morgan fingerprint density at radius 2 is 2.11 bits per heavy atom. The maximum absolute atomic E-state index is 12.3. The highest BCUT2D eigenvalue weighted by molar-refractivity contribution is 5.94. The number of likely N-dealkylation sites (N-methyl/N-ethyl adjacent to an activating group) is 2. The molecule has 5 heteroatoms. The number of rotatable bonds is 5. The fourth-order valence-electron chi connectivity index (χ4n) is 1.98. The van der Waals surface area contributed by atoms with E-state index in [0.29, 0.717) is 17.9 Å². The van der Waals surface area contributed by atoms with Gasteiger partial charge >= 0.3 is 0 Å². The van der Waals surface area contributed by atoms with Crippen LogP contribution in [0.5, 0.6) is 0 Å². The van der Waals surface area contributed by atoms with E-state index in [1.54, 1.807) is 12.1 Å². The van der Waals surface area contributed by atoms with Crippen LogP contribution < -0.4 is 5.73 Å². The van der Waals surface area contributed by atoms with Crippen molar-refractivity contribution < 1.29 is 4.79 Å². The molecule has 1 rings (SSSR count). The third-order valence-electron chi connectivity index (χ3n) is 2.80. The average Bonchev–Trinajstić information content (AvgIpc) is 2.29. The first-order valence-electron chi connectivity index (χ1n) is 6.13. The summed E-state index contributed by atoms with van der Waals surface area (Å²) in [7, 11) is 4.00. The van der Waals surface area contributed by atoms with Gasteiger partial charge in [0.2, 0.25) is 0 Å². The van der Waals surface area contributed by atoms with Crippen molar-refractivity contribution in [3.05, 3.63) is 23.9 Å². The SMILES string of the molecule is CCN(C(=O)c1ccc(N)nc1)C(C)CN(C)C. The number of anilines is 1. The Hall–Kier alpha value is -1.62. The van der Waals surface area contributed by atoms with Crippen molar-refractivity contribution >= 4 is 11.7 Å². The zero-order valence-corrected chi connectivity index (χ0v) is 11.6. The van der Waals surface area contributed by atoms with Gasteiger partial charge < -0.3 is 15.5 Å². The average molecular weight is 250 g/mol. The second-order valence-corrected chi connectivity index (χ2v) is 4.67. The van der Waals surface area contributed by atoms with Crippen LogP contribution in [0.4, 0.5) is 5.82 Å². The molecule has 1 aromatic heterocycles. The standard InChI is InChI=1S/C13H22N4O/c1-5-17(10(2)9-16(3)4)13(18)11-6-7-12(14)15-8-11/h6-8,10H,5,9H2,1-4H3,(H2,14,15). The van der Waals surface area contributed by atoms with Gasteiger partial charge in [-0.15, -0.1) is 0 Å². The van der Waals surface area contributed by atoms with E-state index in [1.807, 2.05) is 32.8 Å². The van der Waals surface area contributed by atoms with Gasteiger partial charge in [0.05, 0.1) is 5.56 Å². The van der Waals surface area contributed by atoms with Crippen molar-refractivity contribution in [2.75, 3.05) is 32.9 Å². The molecule has 5 nitrogen and oxygen atoms in total. The minimum atomic E-state index is -0.000602. The first-order valence-corrected chi connectivity index (χ1v) is 6.13. The van der Waals surface area contributed by atoms with Gasteiger partial charge in [-0.05, 0) is 40.1 Å². The summed E-state index contributed by atoms with van der Waals surface area (Å²) in [5.41, 5.74) is 6.10. The largest absolute Gasteiger partial charge is 0.384 e. The van der Waals surface area contributed by atoms with Crippen LogP contribution in [0.25, 0.3) is 0 Å². The lowest BCUT2D eigenvalue weighted by Gasteiger charge is -2.30. The molecule has 1 heterocycles. The highest BCUT2D eigenvalue weighted by atomic mass is 16.2.